The molecule has 0 aromatic carbocycles. The van der Waals surface area contributed by atoms with E-state index in [1.54, 1.807) is 0 Å². The summed E-state index contributed by atoms with van der Waals surface area (Å²) in [6.07, 6.45) is 0.266. The van der Waals surface area contributed by atoms with Crippen LogP contribution in [-0.4, -0.2) is 46.1 Å². The number of methoxy groups -OCH3 is 1. The standard InChI is InChI=1S/C6H15NO4S/c1-11-5-3-7-12(9,10)6-2-4-8/h7-8H,2-6H2,1H3. The summed E-state index contributed by atoms with van der Waals surface area (Å²) in [6.45, 7) is 0.536. The van der Waals surface area contributed by atoms with Crippen LogP contribution in [0.1, 0.15) is 6.42 Å². The van der Waals surface area contributed by atoms with Crippen LogP contribution in [0.5, 0.6) is 0 Å². The molecule has 0 atom stereocenters. The Labute approximate surface area is 72.8 Å². The largest absolute Gasteiger partial charge is 0.396 e. The van der Waals surface area contributed by atoms with E-state index in [4.69, 9.17) is 5.11 Å². The Morgan fingerprint density at radius 1 is 1.50 bits per heavy atom. The Morgan fingerprint density at radius 2 is 2.17 bits per heavy atom. The molecule has 0 aliphatic rings. The Kier molecular flexibility index (Phi) is 6.27. The molecule has 5 nitrogen and oxygen atoms in total. The molecule has 0 fully saturated rings. The molecule has 74 valence electrons. The lowest BCUT2D eigenvalue weighted by Crippen LogP contribution is -2.29. The number of rotatable bonds is 7. The molecule has 0 bridgehead atoms. The first kappa shape index (κ1) is 11.8. The van der Waals surface area contributed by atoms with Gasteiger partial charge in [-0.1, -0.05) is 0 Å². The van der Waals surface area contributed by atoms with Crippen LogP contribution in [0.3, 0.4) is 0 Å². The van der Waals surface area contributed by atoms with Crippen molar-refractivity contribution in [2.75, 3.05) is 32.6 Å². The highest BCUT2D eigenvalue weighted by Gasteiger charge is 2.07. The van der Waals surface area contributed by atoms with Crippen molar-refractivity contribution >= 4 is 10.0 Å². The number of aliphatic hydroxyl groups is 1. The van der Waals surface area contributed by atoms with E-state index in [-0.39, 0.29) is 25.3 Å². The highest BCUT2D eigenvalue weighted by Crippen LogP contribution is 1.87. The fourth-order valence-electron chi connectivity index (χ4n) is 0.626. The minimum absolute atomic E-state index is 0.0345. The van der Waals surface area contributed by atoms with Gasteiger partial charge in [-0.25, -0.2) is 13.1 Å². The lowest BCUT2D eigenvalue weighted by Gasteiger charge is -2.04. The van der Waals surface area contributed by atoms with E-state index in [1.807, 2.05) is 0 Å². The Balaban J connectivity index is 3.58. The summed E-state index contributed by atoms with van der Waals surface area (Å²) in [7, 11) is -1.70. The van der Waals surface area contributed by atoms with E-state index in [9.17, 15) is 8.42 Å². The first-order valence-corrected chi connectivity index (χ1v) is 5.35. The average molecular weight is 197 g/mol. The average Bonchev–Trinajstić information content (AvgIpc) is 2.01. The fourth-order valence-corrected chi connectivity index (χ4v) is 1.67. The van der Waals surface area contributed by atoms with Gasteiger partial charge in [0.25, 0.3) is 0 Å². The molecular formula is C6H15NO4S. The zero-order valence-electron chi connectivity index (χ0n) is 7.12. The molecule has 0 aliphatic carbocycles. The number of sulfonamides is 1. The van der Waals surface area contributed by atoms with Gasteiger partial charge in [0.1, 0.15) is 0 Å². The summed E-state index contributed by atoms with van der Waals surface area (Å²) in [6, 6.07) is 0. The van der Waals surface area contributed by atoms with Gasteiger partial charge in [-0.15, -0.1) is 0 Å². The molecule has 0 unspecified atom stereocenters. The molecular weight excluding hydrogens is 182 g/mol. The number of aliphatic hydroxyl groups excluding tert-OH is 1. The lowest BCUT2D eigenvalue weighted by molar-refractivity contribution is 0.204. The third-order valence-corrected chi connectivity index (χ3v) is 2.67. The van der Waals surface area contributed by atoms with Crippen molar-refractivity contribution in [3.8, 4) is 0 Å². The van der Waals surface area contributed by atoms with Crippen LogP contribution in [-0.2, 0) is 14.8 Å². The van der Waals surface area contributed by atoms with Crippen molar-refractivity contribution in [2.24, 2.45) is 0 Å². The second-order valence-electron chi connectivity index (χ2n) is 2.28. The maximum Gasteiger partial charge on any atom is 0.211 e. The van der Waals surface area contributed by atoms with Crippen molar-refractivity contribution in [3.63, 3.8) is 0 Å². The summed E-state index contributed by atoms with van der Waals surface area (Å²) in [5.41, 5.74) is 0. The van der Waals surface area contributed by atoms with Gasteiger partial charge in [0.2, 0.25) is 10.0 Å². The molecule has 0 aliphatic heterocycles. The Hall–Kier alpha value is -0.170. The third-order valence-electron chi connectivity index (χ3n) is 1.20. The van der Waals surface area contributed by atoms with Crippen LogP contribution >= 0.6 is 0 Å². The van der Waals surface area contributed by atoms with E-state index in [0.29, 0.717) is 6.61 Å². The zero-order valence-corrected chi connectivity index (χ0v) is 7.93. The summed E-state index contributed by atoms with van der Waals surface area (Å²) in [5.74, 6) is -0.0345. The molecule has 0 amide bonds. The van der Waals surface area contributed by atoms with Crippen molar-refractivity contribution in [2.45, 2.75) is 6.42 Å². The first-order chi connectivity index (χ1) is 5.62. The quantitative estimate of drug-likeness (QED) is 0.510. The van der Waals surface area contributed by atoms with Gasteiger partial charge in [-0.2, -0.15) is 0 Å². The van der Waals surface area contributed by atoms with Crippen molar-refractivity contribution in [3.05, 3.63) is 0 Å². The summed E-state index contributed by atoms with van der Waals surface area (Å²) >= 11 is 0. The van der Waals surface area contributed by atoms with E-state index in [2.05, 4.69) is 9.46 Å². The van der Waals surface area contributed by atoms with Gasteiger partial charge in [0, 0.05) is 20.3 Å². The van der Waals surface area contributed by atoms with Crippen LogP contribution in [0.15, 0.2) is 0 Å². The fraction of sp³-hybridized carbons (Fsp3) is 1.00. The van der Waals surface area contributed by atoms with Gasteiger partial charge in [-0.3, -0.25) is 0 Å². The molecule has 0 spiro atoms. The second kappa shape index (κ2) is 6.36. The van der Waals surface area contributed by atoms with E-state index in [0.717, 1.165) is 0 Å². The smallest absolute Gasteiger partial charge is 0.211 e. The van der Waals surface area contributed by atoms with Crippen LogP contribution in [0.25, 0.3) is 0 Å². The highest BCUT2D eigenvalue weighted by atomic mass is 32.2. The molecule has 0 aromatic heterocycles. The van der Waals surface area contributed by atoms with Gasteiger partial charge >= 0.3 is 0 Å². The number of hydrogen-bond donors (Lipinski definition) is 2. The molecule has 0 saturated heterocycles. The van der Waals surface area contributed by atoms with Gasteiger partial charge in [0.05, 0.1) is 12.4 Å². The zero-order chi connectivity index (χ0) is 9.45. The monoisotopic (exact) mass is 197 g/mol. The van der Waals surface area contributed by atoms with Gasteiger partial charge in [-0.05, 0) is 6.42 Å². The molecule has 0 heterocycles. The molecule has 2 N–H and O–H groups in total. The second-order valence-corrected chi connectivity index (χ2v) is 4.21. The number of hydrogen-bond acceptors (Lipinski definition) is 4. The normalized spacial score (nSPS) is 11.8. The van der Waals surface area contributed by atoms with Crippen LogP contribution in [0.4, 0.5) is 0 Å². The Morgan fingerprint density at radius 3 is 2.67 bits per heavy atom. The molecule has 0 aromatic rings. The molecule has 0 rings (SSSR count). The van der Waals surface area contributed by atoms with Crippen molar-refractivity contribution in [1.29, 1.82) is 0 Å². The highest BCUT2D eigenvalue weighted by molar-refractivity contribution is 7.89. The predicted molar refractivity (Wildman–Crippen MR) is 45.4 cm³/mol. The minimum atomic E-state index is -3.21. The summed E-state index contributed by atoms with van der Waals surface area (Å²) < 4.78 is 29.0. The summed E-state index contributed by atoms with van der Waals surface area (Å²) in [5, 5.41) is 8.38. The van der Waals surface area contributed by atoms with E-state index < -0.39 is 10.0 Å². The van der Waals surface area contributed by atoms with E-state index in [1.165, 1.54) is 7.11 Å². The molecule has 6 heteroatoms. The third kappa shape index (κ3) is 6.53. The van der Waals surface area contributed by atoms with Crippen LogP contribution < -0.4 is 4.72 Å². The minimum Gasteiger partial charge on any atom is -0.396 e. The maximum atomic E-state index is 11.0. The SMILES string of the molecule is COCCNS(=O)(=O)CCCO. The molecule has 0 radical (unpaired) electrons. The predicted octanol–water partition coefficient (Wildman–Crippen LogP) is -1.07. The molecule has 12 heavy (non-hydrogen) atoms. The Bertz CT molecular complexity index is 190. The topological polar surface area (TPSA) is 75.6 Å². The van der Waals surface area contributed by atoms with E-state index >= 15 is 0 Å². The van der Waals surface area contributed by atoms with Crippen LogP contribution in [0, 0.1) is 0 Å². The molecule has 0 saturated carbocycles. The number of nitrogens with one attached hydrogen (secondary N) is 1. The first-order valence-electron chi connectivity index (χ1n) is 3.69. The van der Waals surface area contributed by atoms with Crippen molar-refractivity contribution < 1.29 is 18.3 Å². The maximum absolute atomic E-state index is 11.0. The van der Waals surface area contributed by atoms with Crippen LogP contribution in [0.2, 0.25) is 0 Å². The van der Waals surface area contributed by atoms with Crippen molar-refractivity contribution in [1.82, 2.24) is 4.72 Å². The van der Waals surface area contributed by atoms with Gasteiger partial charge in [0.15, 0.2) is 0 Å². The number of ether oxygens (including phenoxy) is 1. The summed E-state index contributed by atoms with van der Waals surface area (Å²) in [4.78, 5) is 0. The van der Waals surface area contributed by atoms with Gasteiger partial charge < -0.3 is 9.84 Å². The lowest BCUT2D eigenvalue weighted by atomic mass is 10.5.